The lowest BCUT2D eigenvalue weighted by atomic mass is 9.86. The fraction of sp³-hybridized carbons (Fsp3) is 0.667. The van der Waals surface area contributed by atoms with Crippen molar-refractivity contribution in [3.05, 3.63) is 28.8 Å². The standard InChI is InChI=1S/C27H33F3N4O5/c1-15-10-20-21(22(27(28,29)30)24(39-20)25(35)31-11-18-14-37-8-9-38-18)23-19(15)13-34(32-23)12-16-4-6-33(7-5-16)26(36)17-2-3-17/h13,15-18H,2-12,14H2,1H3,(H,31,35)/t15?,18-/m1/s1. The van der Waals surface area contributed by atoms with Crippen molar-refractivity contribution in [2.45, 2.75) is 63.8 Å². The van der Waals surface area contributed by atoms with Crippen LogP contribution in [0.2, 0.25) is 0 Å². The number of ether oxygens (including phenoxy) is 2. The zero-order valence-corrected chi connectivity index (χ0v) is 21.9. The predicted octanol–water partition coefficient (Wildman–Crippen LogP) is 3.62. The van der Waals surface area contributed by atoms with Crippen LogP contribution >= 0.6 is 0 Å². The molecule has 2 atom stereocenters. The van der Waals surface area contributed by atoms with Gasteiger partial charge in [0, 0.05) is 50.3 Å². The second-order valence-electron chi connectivity index (χ2n) is 11.2. The van der Waals surface area contributed by atoms with Crippen molar-refractivity contribution in [2.24, 2.45) is 11.8 Å². The van der Waals surface area contributed by atoms with Gasteiger partial charge in [0.1, 0.15) is 11.3 Å². The molecule has 2 aliphatic heterocycles. The normalized spacial score (nSPS) is 23.8. The number of carbonyl (C=O) groups is 2. The Labute approximate surface area is 224 Å². The zero-order valence-electron chi connectivity index (χ0n) is 21.9. The summed E-state index contributed by atoms with van der Waals surface area (Å²) in [6.07, 6.45) is 0.480. The van der Waals surface area contributed by atoms with E-state index in [0.29, 0.717) is 32.8 Å². The Balaban J connectivity index is 1.22. The van der Waals surface area contributed by atoms with E-state index < -0.39 is 29.5 Å². The lowest BCUT2D eigenvalue weighted by Crippen LogP contribution is -2.40. The molecule has 2 saturated heterocycles. The third-order valence-corrected chi connectivity index (χ3v) is 8.19. The molecule has 3 fully saturated rings. The molecule has 0 radical (unpaired) electrons. The van der Waals surface area contributed by atoms with Gasteiger partial charge < -0.3 is 24.1 Å². The zero-order chi connectivity index (χ0) is 27.3. The van der Waals surface area contributed by atoms with Gasteiger partial charge in [-0.05, 0) is 37.5 Å². The Hall–Kier alpha value is -2.86. The van der Waals surface area contributed by atoms with Gasteiger partial charge in [0.2, 0.25) is 11.7 Å². The van der Waals surface area contributed by atoms with Crippen molar-refractivity contribution in [1.29, 1.82) is 0 Å². The van der Waals surface area contributed by atoms with Gasteiger partial charge in [-0.3, -0.25) is 14.3 Å². The van der Waals surface area contributed by atoms with E-state index in [9.17, 15) is 22.8 Å². The summed E-state index contributed by atoms with van der Waals surface area (Å²) in [6.45, 7) is 4.99. The van der Waals surface area contributed by atoms with Crippen molar-refractivity contribution in [3.8, 4) is 11.3 Å². The number of amides is 2. The van der Waals surface area contributed by atoms with Crippen LogP contribution in [0.15, 0.2) is 10.6 Å². The molecule has 0 bridgehead atoms. The highest BCUT2D eigenvalue weighted by atomic mass is 19.4. The van der Waals surface area contributed by atoms with Crippen molar-refractivity contribution >= 4 is 11.8 Å². The van der Waals surface area contributed by atoms with Gasteiger partial charge >= 0.3 is 6.18 Å². The van der Waals surface area contributed by atoms with Crippen LogP contribution in [-0.2, 0) is 33.4 Å². The Morgan fingerprint density at radius 2 is 1.92 bits per heavy atom. The van der Waals surface area contributed by atoms with Crippen LogP contribution in [0, 0.1) is 11.8 Å². The molecule has 1 unspecified atom stereocenters. The number of hydrogen-bond acceptors (Lipinski definition) is 6. The number of carbonyl (C=O) groups excluding carboxylic acids is 2. The lowest BCUT2D eigenvalue weighted by molar-refractivity contribution is -0.138. The van der Waals surface area contributed by atoms with Crippen molar-refractivity contribution < 1.29 is 36.7 Å². The minimum absolute atomic E-state index is 0.0167. The number of likely N-dealkylation sites (tertiary alicyclic amines) is 1. The van der Waals surface area contributed by atoms with E-state index in [1.54, 1.807) is 4.68 Å². The second kappa shape index (κ2) is 10.3. The molecule has 212 valence electrons. The first kappa shape index (κ1) is 26.4. The van der Waals surface area contributed by atoms with Gasteiger partial charge in [0.05, 0.1) is 37.2 Å². The molecule has 12 heteroatoms. The summed E-state index contributed by atoms with van der Waals surface area (Å²) in [5.74, 6) is -0.934. The summed E-state index contributed by atoms with van der Waals surface area (Å²) in [5.41, 5.74) is -0.276. The maximum Gasteiger partial charge on any atom is 0.420 e. The maximum absolute atomic E-state index is 14.4. The molecule has 9 nitrogen and oxygen atoms in total. The molecule has 1 N–H and O–H groups in total. The van der Waals surface area contributed by atoms with Crippen molar-refractivity contribution in [3.63, 3.8) is 0 Å². The molecule has 4 heterocycles. The van der Waals surface area contributed by atoms with Crippen LogP contribution in [0.3, 0.4) is 0 Å². The van der Waals surface area contributed by atoms with E-state index >= 15 is 0 Å². The molecule has 2 aromatic rings. The lowest BCUT2D eigenvalue weighted by Gasteiger charge is -2.32. The molecule has 2 aromatic heterocycles. The number of rotatable bonds is 6. The van der Waals surface area contributed by atoms with Gasteiger partial charge in [0.15, 0.2) is 0 Å². The first-order valence-corrected chi connectivity index (χ1v) is 13.8. The summed E-state index contributed by atoms with van der Waals surface area (Å²) in [5, 5.41) is 7.12. The molecule has 0 aromatic carbocycles. The minimum Gasteiger partial charge on any atom is -0.455 e. The fourth-order valence-electron chi connectivity index (χ4n) is 5.91. The number of hydrogen-bond donors (Lipinski definition) is 1. The molecule has 4 aliphatic rings. The van der Waals surface area contributed by atoms with Crippen LogP contribution in [0.5, 0.6) is 0 Å². The molecular formula is C27H33F3N4O5. The highest BCUT2D eigenvalue weighted by molar-refractivity contribution is 5.96. The van der Waals surface area contributed by atoms with Crippen LogP contribution in [0.25, 0.3) is 11.3 Å². The molecule has 2 aliphatic carbocycles. The number of piperidine rings is 1. The number of nitrogens with one attached hydrogen (secondary N) is 1. The van der Waals surface area contributed by atoms with Gasteiger partial charge in [-0.25, -0.2) is 0 Å². The Kier molecular flexibility index (Phi) is 6.95. The fourth-order valence-corrected chi connectivity index (χ4v) is 5.91. The van der Waals surface area contributed by atoms with Gasteiger partial charge in [0.25, 0.3) is 5.91 Å². The highest BCUT2D eigenvalue weighted by Crippen LogP contribution is 2.48. The van der Waals surface area contributed by atoms with E-state index in [1.807, 2.05) is 18.0 Å². The summed E-state index contributed by atoms with van der Waals surface area (Å²) in [6, 6.07) is 0. The van der Waals surface area contributed by atoms with Crippen molar-refractivity contribution in [2.75, 3.05) is 39.5 Å². The number of halogens is 3. The average Bonchev–Trinajstić information content (AvgIpc) is 3.56. The summed E-state index contributed by atoms with van der Waals surface area (Å²) in [7, 11) is 0. The van der Waals surface area contributed by atoms with Gasteiger partial charge in [-0.2, -0.15) is 18.3 Å². The van der Waals surface area contributed by atoms with E-state index in [2.05, 4.69) is 10.4 Å². The SMILES string of the molecule is CC1Cc2oc(C(=O)NC[C@@H]3COCCO3)c(C(F)(F)F)c2-c2nn(CC3CCN(C(=O)C4CC4)CC3)cc21. The highest BCUT2D eigenvalue weighted by Gasteiger charge is 2.46. The van der Waals surface area contributed by atoms with E-state index in [1.165, 1.54) is 0 Å². The summed E-state index contributed by atoms with van der Waals surface area (Å²) >= 11 is 0. The van der Waals surface area contributed by atoms with Gasteiger partial charge in [-0.1, -0.05) is 6.92 Å². The molecule has 39 heavy (non-hydrogen) atoms. The molecule has 1 saturated carbocycles. The van der Waals surface area contributed by atoms with Crippen LogP contribution in [0.4, 0.5) is 13.2 Å². The number of nitrogens with zero attached hydrogens (tertiary/aromatic N) is 3. The van der Waals surface area contributed by atoms with Crippen LogP contribution < -0.4 is 5.32 Å². The predicted molar refractivity (Wildman–Crippen MR) is 132 cm³/mol. The Bertz CT molecular complexity index is 1240. The van der Waals surface area contributed by atoms with E-state index in [4.69, 9.17) is 13.9 Å². The minimum atomic E-state index is -4.81. The van der Waals surface area contributed by atoms with Gasteiger partial charge in [-0.15, -0.1) is 0 Å². The molecular weight excluding hydrogens is 517 g/mol. The number of aromatic nitrogens is 2. The second-order valence-corrected chi connectivity index (χ2v) is 11.2. The van der Waals surface area contributed by atoms with Crippen LogP contribution in [-0.4, -0.2) is 72.1 Å². The van der Waals surface area contributed by atoms with Crippen LogP contribution in [0.1, 0.15) is 66.0 Å². The Morgan fingerprint density at radius 3 is 2.59 bits per heavy atom. The Morgan fingerprint density at radius 1 is 1.15 bits per heavy atom. The summed E-state index contributed by atoms with van der Waals surface area (Å²) < 4.78 is 61.3. The average molecular weight is 551 g/mol. The molecule has 6 rings (SSSR count). The monoisotopic (exact) mass is 550 g/mol. The largest absolute Gasteiger partial charge is 0.455 e. The molecule has 0 spiro atoms. The molecule has 2 amide bonds. The number of fused-ring (bicyclic) bond motifs is 3. The van der Waals surface area contributed by atoms with E-state index in [0.717, 1.165) is 31.2 Å². The first-order valence-electron chi connectivity index (χ1n) is 13.8. The third kappa shape index (κ3) is 5.32. The maximum atomic E-state index is 14.4. The number of alkyl halides is 3. The number of furan rings is 1. The van der Waals surface area contributed by atoms with E-state index in [-0.39, 0.29) is 60.3 Å². The topological polar surface area (TPSA) is 98.8 Å². The summed E-state index contributed by atoms with van der Waals surface area (Å²) in [4.78, 5) is 27.2. The smallest absolute Gasteiger partial charge is 0.420 e. The first-order chi connectivity index (χ1) is 18.7. The quantitative estimate of drug-likeness (QED) is 0.590. The third-order valence-electron chi connectivity index (χ3n) is 8.19. The van der Waals surface area contributed by atoms with Crippen molar-refractivity contribution in [1.82, 2.24) is 20.0 Å².